The van der Waals surface area contributed by atoms with Crippen LogP contribution in [0.3, 0.4) is 0 Å². The molecule has 5 rings (SSSR count). The minimum atomic E-state index is -1.22. The molecular formula is C35H45N5O7. The zero-order valence-corrected chi connectivity index (χ0v) is 26.7. The molecule has 2 aromatic carbocycles. The van der Waals surface area contributed by atoms with Crippen LogP contribution < -0.4 is 26.8 Å². The van der Waals surface area contributed by atoms with Gasteiger partial charge in [0.2, 0.25) is 5.91 Å². The Morgan fingerprint density at radius 2 is 1.81 bits per heavy atom. The Labute approximate surface area is 274 Å². The highest BCUT2D eigenvalue weighted by molar-refractivity contribution is 5.91. The number of nitrogens with one attached hydrogen (secondary N) is 2. The summed E-state index contributed by atoms with van der Waals surface area (Å²) in [5, 5.41) is 24.6. The van der Waals surface area contributed by atoms with Crippen LogP contribution >= 0.6 is 0 Å². The number of carboxylic acid groups (broad SMARTS) is 1. The van der Waals surface area contributed by atoms with Crippen LogP contribution in [-0.4, -0.2) is 65.0 Å². The number of phenols is 1. The molecule has 0 aromatic heterocycles. The molecule has 2 saturated carbocycles. The first-order valence-corrected chi connectivity index (χ1v) is 16.4. The summed E-state index contributed by atoms with van der Waals surface area (Å²) in [7, 11) is 0. The molecule has 2 aromatic rings. The lowest BCUT2D eigenvalue weighted by Gasteiger charge is -2.48. The van der Waals surface area contributed by atoms with E-state index in [9.17, 15) is 29.4 Å². The Kier molecular flexibility index (Phi) is 10.4. The first-order valence-electron chi connectivity index (χ1n) is 16.4. The monoisotopic (exact) mass is 647 g/mol. The molecule has 12 nitrogen and oxygen atoms in total. The average molecular weight is 648 g/mol. The Morgan fingerprint density at radius 3 is 2.53 bits per heavy atom. The van der Waals surface area contributed by atoms with Crippen LogP contribution in [0.4, 0.5) is 0 Å². The summed E-state index contributed by atoms with van der Waals surface area (Å²) in [5.41, 5.74) is 13.7. The van der Waals surface area contributed by atoms with E-state index in [0.717, 1.165) is 32.1 Å². The maximum absolute atomic E-state index is 13.3. The molecule has 6 atom stereocenters. The van der Waals surface area contributed by atoms with E-state index in [2.05, 4.69) is 28.6 Å². The molecule has 3 aliphatic carbocycles. The van der Waals surface area contributed by atoms with Crippen molar-refractivity contribution >= 4 is 29.5 Å². The summed E-state index contributed by atoms with van der Waals surface area (Å²) in [6, 6.07) is 9.83. The number of carbonyl (C=O) groups excluding carboxylic acids is 3. The molecule has 252 valence electrons. The second kappa shape index (κ2) is 14.4. The first kappa shape index (κ1) is 33.7. The van der Waals surface area contributed by atoms with Crippen LogP contribution in [0.1, 0.15) is 74.5 Å². The molecule has 0 saturated heterocycles. The molecule has 0 aliphatic heterocycles. The van der Waals surface area contributed by atoms with Crippen LogP contribution in [0.25, 0.3) is 0 Å². The predicted molar refractivity (Wildman–Crippen MR) is 175 cm³/mol. The van der Waals surface area contributed by atoms with Gasteiger partial charge in [-0.25, -0.2) is 4.79 Å². The number of ketones is 1. The van der Waals surface area contributed by atoms with Crippen LogP contribution in [0, 0.1) is 17.3 Å². The highest BCUT2D eigenvalue weighted by Crippen LogP contribution is 2.59. The minimum absolute atomic E-state index is 0.0510. The van der Waals surface area contributed by atoms with Crippen molar-refractivity contribution in [1.29, 1.82) is 0 Å². The molecule has 0 radical (unpaired) electrons. The van der Waals surface area contributed by atoms with E-state index < -0.39 is 29.9 Å². The molecule has 2 fully saturated rings. The Morgan fingerprint density at radius 1 is 1.04 bits per heavy atom. The number of guanidine groups is 1. The van der Waals surface area contributed by atoms with Crippen molar-refractivity contribution in [2.75, 3.05) is 13.2 Å². The number of nitrogens with two attached hydrogens (primary N) is 2. The van der Waals surface area contributed by atoms with E-state index >= 15 is 0 Å². The van der Waals surface area contributed by atoms with E-state index in [1.165, 1.54) is 23.3 Å². The number of nitrogens with zero attached hydrogens (tertiary/aromatic N) is 1. The number of aryl methyl sites for hydroxylation is 1. The lowest BCUT2D eigenvalue weighted by Crippen LogP contribution is -2.53. The number of hydrogen-bond acceptors (Lipinski definition) is 7. The van der Waals surface area contributed by atoms with Gasteiger partial charge in [-0.15, -0.1) is 0 Å². The zero-order chi connectivity index (χ0) is 33.7. The number of carboxylic acids is 1. The number of amides is 2. The summed E-state index contributed by atoms with van der Waals surface area (Å²) in [6.45, 7) is 2.03. The largest absolute Gasteiger partial charge is 0.508 e. The van der Waals surface area contributed by atoms with Gasteiger partial charge in [0.05, 0.1) is 0 Å². The van der Waals surface area contributed by atoms with Crippen molar-refractivity contribution in [3.8, 4) is 11.5 Å². The zero-order valence-electron chi connectivity index (χ0n) is 26.7. The lowest BCUT2D eigenvalue weighted by atomic mass is 9.55. The molecule has 0 spiro atoms. The van der Waals surface area contributed by atoms with E-state index in [0.29, 0.717) is 47.7 Å². The van der Waals surface area contributed by atoms with Gasteiger partial charge in [-0.3, -0.25) is 19.4 Å². The van der Waals surface area contributed by atoms with Crippen molar-refractivity contribution in [1.82, 2.24) is 10.6 Å². The molecular weight excluding hydrogens is 602 g/mol. The summed E-state index contributed by atoms with van der Waals surface area (Å²) in [6.07, 6.45) is 6.02. The fourth-order valence-electron chi connectivity index (χ4n) is 7.91. The first-order chi connectivity index (χ1) is 22.4. The highest BCUT2D eigenvalue weighted by Gasteiger charge is 2.54. The molecule has 3 aliphatic rings. The molecule has 2 amide bonds. The quantitative estimate of drug-likeness (QED) is 0.107. The number of carbonyl (C=O) groups is 4. The molecule has 8 N–H and O–H groups in total. The molecule has 3 unspecified atom stereocenters. The number of hydrogen-bond donors (Lipinski definition) is 6. The summed E-state index contributed by atoms with van der Waals surface area (Å²) in [5.74, 6) is -0.115. The lowest BCUT2D eigenvalue weighted by molar-refractivity contribution is -0.142. The smallest absolute Gasteiger partial charge is 0.326 e. The number of Topliss-reactive ketones (excluding diaryl/α,β-unsaturated/α-hetero) is 1. The van der Waals surface area contributed by atoms with E-state index in [1.54, 1.807) is 12.1 Å². The number of aliphatic carboxylic acids is 1. The minimum Gasteiger partial charge on any atom is -0.508 e. The van der Waals surface area contributed by atoms with Crippen molar-refractivity contribution in [2.45, 2.75) is 82.7 Å². The third-order valence-corrected chi connectivity index (χ3v) is 10.4. The standard InChI is InChI=1S/C35H45N5O7/c1-35-15-14-25-24-11-9-23(18-21(24)6-10-26(25)27(35)12-13-30(35)42)47-19-31(43)39-29(17-20-4-7-22(41)8-5-20)32(44)40-28(33(45)46)3-2-16-38-34(36)37/h4-5,7-9,11,18,25-29,41H,2-3,6,10,12-17,19H2,1H3,(H,39,43)(H,40,44)(H,45,46)(H4,36,37,38)/t25?,26?,27?,28-,29-,35-/m0/s1. The second-order valence-corrected chi connectivity index (χ2v) is 13.3. The van der Waals surface area contributed by atoms with Gasteiger partial charge in [-0.05, 0) is 104 Å². The Balaban J connectivity index is 1.21. The average Bonchev–Trinajstić information content (AvgIpc) is 3.35. The molecule has 0 bridgehead atoms. The van der Waals surface area contributed by atoms with Crippen LogP contribution in [0.2, 0.25) is 0 Å². The fourth-order valence-corrected chi connectivity index (χ4v) is 7.91. The maximum atomic E-state index is 13.3. The maximum Gasteiger partial charge on any atom is 0.326 e. The van der Waals surface area contributed by atoms with Crippen molar-refractivity contribution in [3.05, 3.63) is 59.2 Å². The predicted octanol–water partition coefficient (Wildman–Crippen LogP) is 2.55. The number of rotatable bonds is 13. The van der Waals surface area contributed by atoms with Gasteiger partial charge in [-0.1, -0.05) is 25.1 Å². The third-order valence-electron chi connectivity index (χ3n) is 10.4. The number of phenolic OH excluding ortho intramolecular Hbond substituents is 1. The molecule has 12 heteroatoms. The highest BCUT2D eigenvalue weighted by atomic mass is 16.5. The van der Waals surface area contributed by atoms with Gasteiger partial charge in [0, 0.05) is 24.8 Å². The van der Waals surface area contributed by atoms with Crippen LogP contribution in [0.15, 0.2) is 47.5 Å². The van der Waals surface area contributed by atoms with Crippen molar-refractivity contribution in [2.24, 2.45) is 33.7 Å². The summed E-state index contributed by atoms with van der Waals surface area (Å²) < 4.78 is 5.87. The van der Waals surface area contributed by atoms with Gasteiger partial charge < -0.3 is 37.1 Å². The number of aliphatic imine (C=N–C) groups is 1. The molecule has 0 heterocycles. The number of fused-ring (bicyclic) bond motifs is 5. The van der Waals surface area contributed by atoms with E-state index in [1.807, 2.05) is 12.1 Å². The Bertz CT molecular complexity index is 1520. The normalized spacial score (nSPS) is 24.1. The SMILES string of the molecule is C[C@]12CCC3c4ccc(OCC(=O)N[C@@H](Cc5ccc(O)cc5)C(=O)N[C@@H](CCCN=C(N)N)C(=O)O)cc4CCC3C1CCC2=O. The number of ether oxygens (including phenoxy) is 1. The van der Waals surface area contributed by atoms with E-state index in [-0.39, 0.29) is 43.1 Å². The van der Waals surface area contributed by atoms with Crippen LogP contribution in [0.5, 0.6) is 11.5 Å². The van der Waals surface area contributed by atoms with E-state index in [4.69, 9.17) is 16.2 Å². The Hall–Kier alpha value is -4.61. The van der Waals surface area contributed by atoms with Crippen molar-refractivity contribution < 1.29 is 34.1 Å². The number of aromatic hydroxyl groups is 1. The van der Waals surface area contributed by atoms with Gasteiger partial charge in [0.25, 0.3) is 5.91 Å². The summed E-state index contributed by atoms with van der Waals surface area (Å²) >= 11 is 0. The van der Waals surface area contributed by atoms with Gasteiger partial charge in [-0.2, -0.15) is 0 Å². The second-order valence-electron chi connectivity index (χ2n) is 13.3. The van der Waals surface area contributed by atoms with Gasteiger partial charge >= 0.3 is 5.97 Å². The fraction of sp³-hybridized carbons (Fsp3) is 0.514. The van der Waals surface area contributed by atoms with Crippen molar-refractivity contribution in [3.63, 3.8) is 0 Å². The summed E-state index contributed by atoms with van der Waals surface area (Å²) in [4.78, 5) is 54.7. The van der Waals surface area contributed by atoms with Crippen LogP contribution in [-0.2, 0) is 32.0 Å². The molecule has 47 heavy (non-hydrogen) atoms. The number of benzene rings is 2. The topological polar surface area (TPSA) is 206 Å². The third kappa shape index (κ3) is 7.86. The van der Waals surface area contributed by atoms with Gasteiger partial charge in [0.1, 0.15) is 29.4 Å². The van der Waals surface area contributed by atoms with Gasteiger partial charge in [0.15, 0.2) is 12.6 Å².